The minimum Gasteiger partial charge on any atom is -0.481 e. The van der Waals surface area contributed by atoms with Gasteiger partial charge in [0.05, 0.1) is 5.56 Å². The molecule has 1 aliphatic carbocycles. The summed E-state index contributed by atoms with van der Waals surface area (Å²) < 4.78 is 26.5. The molecule has 0 radical (unpaired) electrons. The Labute approximate surface area is 123 Å². The van der Waals surface area contributed by atoms with Crippen LogP contribution in [0.2, 0.25) is 0 Å². The molecule has 2 atom stereocenters. The van der Waals surface area contributed by atoms with Gasteiger partial charge in [-0.05, 0) is 18.6 Å². The maximum Gasteiger partial charge on any atom is 0.312 e. The Balaban J connectivity index is 1.91. The molecule has 1 saturated carbocycles. The van der Waals surface area contributed by atoms with Crippen LogP contribution in [0.3, 0.4) is 0 Å². The lowest BCUT2D eigenvalue weighted by Crippen LogP contribution is -2.35. The summed E-state index contributed by atoms with van der Waals surface area (Å²) in [4.78, 5) is 36.0. The zero-order valence-corrected chi connectivity index (χ0v) is 11.2. The molecule has 2 aliphatic rings. The molecule has 1 aliphatic heterocycles. The molecular weight excluding hydrogens is 300 g/mol. The van der Waals surface area contributed by atoms with Crippen LogP contribution in [-0.4, -0.2) is 46.0 Å². The molecule has 116 valence electrons. The van der Waals surface area contributed by atoms with Crippen LogP contribution in [0.15, 0.2) is 18.2 Å². The van der Waals surface area contributed by atoms with Gasteiger partial charge in [-0.2, -0.15) is 0 Å². The molecule has 2 fully saturated rings. The Kier molecular flexibility index (Phi) is 2.79. The van der Waals surface area contributed by atoms with E-state index in [4.69, 9.17) is 0 Å². The van der Waals surface area contributed by atoms with Gasteiger partial charge in [0.1, 0.15) is 22.5 Å². The SMILES string of the molecule is O=C(c1ccc(F)cc1F)N1C[C@@]2(C(=O)O)C[C@@]2(C(=O)O)C1. The van der Waals surface area contributed by atoms with Crippen LogP contribution < -0.4 is 0 Å². The first-order valence-electron chi connectivity index (χ1n) is 6.45. The molecule has 6 nitrogen and oxygen atoms in total. The number of halogens is 2. The highest BCUT2D eigenvalue weighted by atomic mass is 19.1. The third kappa shape index (κ3) is 1.66. The molecule has 0 spiro atoms. The van der Waals surface area contributed by atoms with Crippen molar-refractivity contribution in [3.63, 3.8) is 0 Å². The van der Waals surface area contributed by atoms with Gasteiger partial charge in [-0.3, -0.25) is 14.4 Å². The first-order chi connectivity index (χ1) is 10.2. The number of likely N-dealkylation sites (tertiary alicyclic amines) is 1. The molecule has 1 aromatic rings. The van der Waals surface area contributed by atoms with Gasteiger partial charge in [0.25, 0.3) is 5.91 Å². The Morgan fingerprint density at radius 1 is 1.05 bits per heavy atom. The van der Waals surface area contributed by atoms with Crippen LogP contribution in [0.5, 0.6) is 0 Å². The minimum absolute atomic E-state index is 0.0552. The maximum atomic E-state index is 13.7. The molecule has 0 aromatic heterocycles. The fraction of sp³-hybridized carbons (Fsp3) is 0.357. The van der Waals surface area contributed by atoms with Gasteiger partial charge >= 0.3 is 11.9 Å². The molecule has 0 bridgehead atoms. The third-order valence-electron chi connectivity index (χ3n) is 4.58. The van der Waals surface area contributed by atoms with Gasteiger partial charge in [0.2, 0.25) is 0 Å². The van der Waals surface area contributed by atoms with Crippen molar-refractivity contribution in [2.45, 2.75) is 6.42 Å². The number of rotatable bonds is 3. The lowest BCUT2D eigenvalue weighted by atomic mass is 9.97. The predicted octanol–water partition coefficient (Wildman–Crippen LogP) is 0.966. The van der Waals surface area contributed by atoms with E-state index in [9.17, 15) is 33.4 Å². The highest BCUT2D eigenvalue weighted by Gasteiger charge is 2.81. The number of carboxylic acid groups (broad SMARTS) is 2. The Morgan fingerprint density at radius 3 is 2.05 bits per heavy atom. The zero-order chi connectivity index (χ0) is 16.3. The molecule has 3 rings (SSSR count). The van der Waals surface area contributed by atoms with Crippen molar-refractivity contribution in [3.05, 3.63) is 35.4 Å². The Bertz CT molecular complexity index is 693. The molecule has 1 saturated heterocycles. The number of carbonyl (C=O) groups excluding carboxylic acids is 1. The quantitative estimate of drug-likeness (QED) is 0.867. The van der Waals surface area contributed by atoms with Crippen molar-refractivity contribution in [2.24, 2.45) is 10.8 Å². The van der Waals surface area contributed by atoms with Crippen LogP contribution in [0.4, 0.5) is 8.78 Å². The average Bonchev–Trinajstić information content (AvgIpc) is 2.97. The van der Waals surface area contributed by atoms with E-state index < -0.39 is 45.9 Å². The number of carbonyl (C=O) groups is 3. The van der Waals surface area contributed by atoms with E-state index in [0.29, 0.717) is 6.07 Å². The van der Waals surface area contributed by atoms with E-state index in [-0.39, 0.29) is 19.5 Å². The number of hydrogen-bond donors (Lipinski definition) is 2. The van der Waals surface area contributed by atoms with Gasteiger partial charge in [0, 0.05) is 19.2 Å². The second kappa shape index (κ2) is 4.25. The van der Waals surface area contributed by atoms with E-state index in [1.807, 2.05) is 0 Å². The summed E-state index contributed by atoms with van der Waals surface area (Å²) in [7, 11) is 0. The maximum absolute atomic E-state index is 13.7. The molecule has 22 heavy (non-hydrogen) atoms. The second-order valence-electron chi connectivity index (χ2n) is 5.74. The number of piperidine rings is 1. The van der Waals surface area contributed by atoms with Gasteiger partial charge in [-0.25, -0.2) is 8.78 Å². The Hall–Kier alpha value is -2.51. The fourth-order valence-electron chi connectivity index (χ4n) is 3.27. The summed E-state index contributed by atoms with van der Waals surface area (Å²) in [6, 6.07) is 2.41. The monoisotopic (exact) mass is 311 g/mol. The van der Waals surface area contributed by atoms with E-state index in [1.54, 1.807) is 0 Å². The number of fused-ring (bicyclic) bond motifs is 1. The fourth-order valence-corrected chi connectivity index (χ4v) is 3.27. The van der Waals surface area contributed by atoms with Crippen LogP contribution in [0, 0.1) is 22.5 Å². The van der Waals surface area contributed by atoms with E-state index in [1.165, 1.54) is 0 Å². The van der Waals surface area contributed by atoms with Crippen LogP contribution in [0.25, 0.3) is 0 Å². The second-order valence-corrected chi connectivity index (χ2v) is 5.74. The molecule has 1 heterocycles. The summed E-state index contributed by atoms with van der Waals surface area (Å²) in [6.07, 6.45) is -0.0552. The molecule has 0 unspecified atom stereocenters. The summed E-state index contributed by atoms with van der Waals surface area (Å²) in [5.41, 5.74) is -3.46. The third-order valence-corrected chi connectivity index (χ3v) is 4.58. The first kappa shape index (κ1) is 14.4. The molecule has 1 amide bonds. The highest BCUT2D eigenvalue weighted by Crippen LogP contribution is 2.68. The smallest absolute Gasteiger partial charge is 0.312 e. The highest BCUT2D eigenvalue weighted by molar-refractivity contribution is 6.00. The number of benzene rings is 1. The number of hydrogen-bond acceptors (Lipinski definition) is 3. The van der Waals surface area contributed by atoms with E-state index in [0.717, 1.165) is 17.0 Å². The summed E-state index contributed by atoms with van der Waals surface area (Å²) in [6.45, 7) is -0.603. The average molecular weight is 311 g/mol. The summed E-state index contributed by atoms with van der Waals surface area (Å²) in [5, 5.41) is 18.5. The molecular formula is C14H11F2NO5. The topological polar surface area (TPSA) is 94.9 Å². The Morgan fingerprint density at radius 2 is 1.59 bits per heavy atom. The van der Waals surface area contributed by atoms with Crippen LogP contribution in [0.1, 0.15) is 16.8 Å². The standard InChI is InChI=1S/C14H11F2NO5/c15-7-1-2-8(9(16)3-7)10(18)17-5-13(11(19)20)4-14(13,6-17)12(21)22/h1-3H,4-6H2,(H,19,20)(H,21,22)/t13-,14+. The van der Waals surface area contributed by atoms with Gasteiger partial charge in [-0.15, -0.1) is 0 Å². The summed E-state index contributed by atoms with van der Waals surface area (Å²) in [5.74, 6) is -5.33. The van der Waals surface area contributed by atoms with E-state index in [2.05, 4.69) is 0 Å². The van der Waals surface area contributed by atoms with Crippen LogP contribution >= 0.6 is 0 Å². The minimum atomic E-state index is -1.52. The van der Waals surface area contributed by atoms with Gasteiger partial charge in [0.15, 0.2) is 0 Å². The van der Waals surface area contributed by atoms with E-state index >= 15 is 0 Å². The normalized spacial score (nSPS) is 29.1. The van der Waals surface area contributed by atoms with Crippen molar-refractivity contribution < 1.29 is 33.4 Å². The van der Waals surface area contributed by atoms with Crippen molar-refractivity contribution in [2.75, 3.05) is 13.1 Å². The van der Waals surface area contributed by atoms with Crippen LogP contribution in [-0.2, 0) is 9.59 Å². The van der Waals surface area contributed by atoms with Crippen molar-refractivity contribution in [1.82, 2.24) is 4.90 Å². The molecule has 2 N–H and O–H groups in total. The van der Waals surface area contributed by atoms with Gasteiger partial charge in [-0.1, -0.05) is 0 Å². The molecule has 8 heteroatoms. The zero-order valence-electron chi connectivity index (χ0n) is 11.2. The number of aliphatic carboxylic acids is 2. The molecule has 1 aromatic carbocycles. The van der Waals surface area contributed by atoms with Crippen molar-refractivity contribution in [1.29, 1.82) is 0 Å². The number of carboxylic acids is 2. The van der Waals surface area contributed by atoms with Crippen molar-refractivity contribution in [3.8, 4) is 0 Å². The lowest BCUT2D eigenvalue weighted by molar-refractivity contribution is -0.151. The number of nitrogens with zero attached hydrogens (tertiary/aromatic N) is 1. The van der Waals surface area contributed by atoms with Gasteiger partial charge < -0.3 is 15.1 Å². The largest absolute Gasteiger partial charge is 0.481 e. The summed E-state index contributed by atoms with van der Waals surface area (Å²) >= 11 is 0. The first-order valence-corrected chi connectivity index (χ1v) is 6.45. The lowest BCUT2D eigenvalue weighted by Gasteiger charge is -2.20. The van der Waals surface area contributed by atoms with Crippen molar-refractivity contribution >= 4 is 17.8 Å². The number of amides is 1. The predicted molar refractivity (Wildman–Crippen MR) is 67.0 cm³/mol.